The van der Waals surface area contributed by atoms with Crippen molar-refractivity contribution < 1.29 is 31.7 Å². The predicted molar refractivity (Wildman–Crippen MR) is 157 cm³/mol. The molecule has 7 N–H and O–H groups in total. The van der Waals surface area contributed by atoms with Gasteiger partial charge in [0.1, 0.15) is 13.1 Å². The minimum atomic E-state index is -0.664. The number of anilines is 3. The van der Waals surface area contributed by atoms with Gasteiger partial charge in [-0.25, -0.2) is 19.1 Å². The molecule has 0 unspecified atom stereocenters. The number of nitrogens with zero attached hydrogens (tertiary/aromatic N) is 6. The molecule has 0 bridgehead atoms. The van der Waals surface area contributed by atoms with Gasteiger partial charge < -0.3 is 49.4 Å². The van der Waals surface area contributed by atoms with Crippen LogP contribution < -0.4 is 44.0 Å². The Labute approximate surface area is 256 Å². The summed E-state index contributed by atoms with van der Waals surface area (Å²) in [5, 5.41) is 16.4. The van der Waals surface area contributed by atoms with Crippen molar-refractivity contribution in [1.82, 2.24) is 30.1 Å². The number of aliphatic hydroxyl groups is 1. The van der Waals surface area contributed by atoms with Crippen LogP contribution in [-0.4, -0.2) is 82.7 Å². The number of halogens is 3. The average molecular weight is 632 g/mol. The molecular formula is C25H37Cl3N10O3. The first-order valence-corrected chi connectivity index (χ1v) is 13.2. The molecule has 1 aromatic carbocycles. The molecule has 3 aromatic rings. The highest BCUT2D eigenvalue weighted by atomic mass is 35.5. The fraction of sp³-hybridized carbons (Fsp3) is 0.480. The van der Waals surface area contributed by atoms with Crippen molar-refractivity contribution in [1.29, 1.82) is 0 Å². The minimum Gasteiger partial charge on any atom is -1.00 e. The van der Waals surface area contributed by atoms with Crippen molar-refractivity contribution >= 4 is 64.2 Å². The van der Waals surface area contributed by atoms with Crippen LogP contribution in [-0.2, 0) is 19.6 Å². The number of benzene rings is 1. The number of carbonyl (C=O) groups is 2. The Morgan fingerprint density at radius 3 is 2.46 bits per heavy atom. The number of hydrogen-bond acceptors (Lipinski definition) is 9. The molecule has 0 spiro atoms. The second-order valence-electron chi connectivity index (χ2n) is 9.73. The highest BCUT2D eigenvalue weighted by Crippen LogP contribution is 2.28. The molecule has 2 amide bonds. The maximum Gasteiger partial charge on any atom is 0.277 e. The molecule has 2 aromatic heterocycles. The van der Waals surface area contributed by atoms with Crippen LogP contribution in [0, 0.1) is 0 Å². The van der Waals surface area contributed by atoms with Gasteiger partial charge in [0.25, 0.3) is 17.6 Å². The van der Waals surface area contributed by atoms with Crippen LogP contribution in [0.2, 0.25) is 5.15 Å². The van der Waals surface area contributed by atoms with Crippen molar-refractivity contribution in [3.8, 4) is 0 Å². The van der Waals surface area contributed by atoms with E-state index in [1.54, 1.807) is 6.92 Å². The molecule has 1 fully saturated rings. The van der Waals surface area contributed by atoms with Crippen LogP contribution in [0.3, 0.4) is 0 Å². The topological polar surface area (TPSA) is 172 Å². The second kappa shape index (κ2) is 14.2. The molecule has 1 aliphatic rings. The van der Waals surface area contributed by atoms with Crippen LogP contribution in [0.15, 0.2) is 12.1 Å². The summed E-state index contributed by atoms with van der Waals surface area (Å²) in [6, 6.07) is 3.87. The first-order chi connectivity index (χ1) is 18.5. The monoisotopic (exact) mass is 630 g/mol. The summed E-state index contributed by atoms with van der Waals surface area (Å²) in [6.45, 7) is 7.40. The van der Waals surface area contributed by atoms with Crippen LogP contribution in [0.25, 0.3) is 11.0 Å². The summed E-state index contributed by atoms with van der Waals surface area (Å²) < 4.78 is 3.98. The molecule has 226 valence electrons. The van der Waals surface area contributed by atoms with Crippen molar-refractivity contribution in [2.75, 3.05) is 56.6 Å². The molecule has 4 rings (SSSR count). The number of carbonyl (C=O) groups excluding carboxylic acids is 2. The van der Waals surface area contributed by atoms with Crippen LogP contribution in [0.5, 0.6) is 0 Å². The van der Waals surface area contributed by atoms with E-state index in [-0.39, 0.29) is 66.3 Å². The largest absolute Gasteiger partial charge is 1.00 e. The van der Waals surface area contributed by atoms with Crippen molar-refractivity contribution in [2.24, 2.45) is 0 Å². The summed E-state index contributed by atoms with van der Waals surface area (Å²) in [6.07, 6.45) is -0.664. The summed E-state index contributed by atoms with van der Waals surface area (Å²) in [5.41, 5.74) is 14.4. The van der Waals surface area contributed by atoms with E-state index in [2.05, 4.69) is 20.6 Å². The fourth-order valence-corrected chi connectivity index (χ4v) is 4.99. The Balaban J connectivity index is 0.00000294. The number of nitrogens with two attached hydrogens (primary N) is 2. The molecule has 16 heteroatoms. The second-order valence-corrected chi connectivity index (χ2v) is 10.1. The molecular weight excluding hydrogens is 595 g/mol. The average Bonchev–Trinajstić information content (AvgIpc) is 3.19. The number of amides is 2. The number of piperazine rings is 1. The maximum atomic E-state index is 13.6. The van der Waals surface area contributed by atoms with Gasteiger partial charge in [-0.2, -0.15) is 0 Å². The first kappa shape index (κ1) is 34.1. The number of rotatable bonds is 8. The lowest BCUT2D eigenvalue weighted by Crippen LogP contribution is -3.00. The van der Waals surface area contributed by atoms with E-state index in [1.807, 2.05) is 52.1 Å². The summed E-state index contributed by atoms with van der Waals surface area (Å²) >= 11 is 5.96. The Bertz CT molecular complexity index is 1410. The van der Waals surface area contributed by atoms with Crippen molar-refractivity contribution in [3.63, 3.8) is 0 Å². The van der Waals surface area contributed by atoms with Crippen LogP contribution in [0.1, 0.15) is 40.5 Å². The number of nitrogen functional groups attached to an aromatic ring is 2. The lowest BCUT2D eigenvalue weighted by molar-refractivity contribution is -0.686. The summed E-state index contributed by atoms with van der Waals surface area (Å²) in [4.78, 5) is 38.2. The number of aryl methyl sites for hydroxylation is 1. The molecule has 3 heterocycles. The van der Waals surface area contributed by atoms with Gasteiger partial charge in [0, 0.05) is 52.4 Å². The smallest absolute Gasteiger partial charge is 0.277 e. The van der Waals surface area contributed by atoms with E-state index in [1.165, 1.54) is 0 Å². The summed E-state index contributed by atoms with van der Waals surface area (Å²) in [5.74, 6) is -0.0612. The third-order valence-corrected chi connectivity index (χ3v) is 6.98. The molecule has 41 heavy (non-hydrogen) atoms. The number of aliphatic hydroxyl groups excluding tert-OH is 1. The van der Waals surface area contributed by atoms with Crippen molar-refractivity contribution in [2.45, 2.75) is 39.6 Å². The predicted octanol–water partition coefficient (Wildman–Crippen LogP) is -2.60. The van der Waals surface area contributed by atoms with Gasteiger partial charge in [-0.15, -0.1) is 12.4 Å². The molecule has 0 saturated carbocycles. The molecule has 1 saturated heterocycles. The zero-order valence-electron chi connectivity index (χ0n) is 23.4. The number of nitrogens with one attached hydrogen (secondary N) is 2. The third-order valence-electron chi connectivity index (χ3n) is 6.70. The standard InChI is InChI=1S/C25H35ClN10O3.2ClH/c1-5-35-17-10-15(25(39)34-8-6-29-7-9-34)16(33(3)4)11-18(17)36(13-14(2)37)19(35)12-30-24(38)20-22(27)32-23(28)21(26)31-20;;/h10-11,14,29,37H,5-9,12-13H2,1-4H3,(H4-,27,28,30,32,38);2*1H/t14-;;/m0../s1. The first-order valence-electron chi connectivity index (χ1n) is 12.8. The van der Waals surface area contributed by atoms with E-state index < -0.39 is 12.0 Å². The molecule has 0 aliphatic carbocycles. The Morgan fingerprint density at radius 1 is 1.22 bits per heavy atom. The van der Waals surface area contributed by atoms with Gasteiger partial charge in [-0.3, -0.25) is 9.59 Å². The van der Waals surface area contributed by atoms with E-state index in [9.17, 15) is 14.7 Å². The lowest BCUT2D eigenvalue weighted by atomic mass is 10.1. The summed E-state index contributed by atoms with van der Waals surface area (Å²) in [7, 11) is 3.80. The number of fused-ring (bicyclic) bond motifs is 1. The Kier molecular flexibility index (Phi) is 11.8. The van der Waals surface area contributed by atoms with Crippen molar-refractivity contribution in [3.05, 3.63) is 34.4 Å². The SMILES string of the molecule is CCn1c(CNC(=O)c2nc(Cl)c(N)nc2N)[n+](C[C@H](C)O)c2cc(N(C)C)c(C(=O)N3CCNCC3)cc21.Cl.[Cl-]. The van der Waals surface area contributed by atoms with E-state index in [4.69, 9.17) is 23.1 Å². The van der Waals surface area contributed by atoms with E-state index in [0.29, 0.717) is 25.2 Å². The van der Waals surface area contributed by atoms with Gasteiger partial charge in [0.15, 0.2) is 33.5 Å². The van der Waals surface area contributed by atoms with E-state index >= 15 is 0 Å². The van der Waals surface area contributed by atoms with Crippen LogP contribution >= 0.6 is 24.0 Å². The molecule has 1 aliphatic heterocycles. The van der Waals surface area contributed by atoms with E-state index in [0.717, 1.165) is 35.6 Å². The zero-order valence-corrected chi connectivity index (χ0v) is 25.8. The van der Waals surface area contributed by atoms with Crippen LogP contribution in [0.4, 0.5) is 17.3 Å². The number of aromatic nitrogens is 4. The fourth-order valence-electron chi connectivity index (χ4n) is 4.86. The van der Waals surface area contributed by atoms with Gasteiger partial charge in [0.05, 0.1) is 23.9 Å². The Morgan fingerprint density at radius 2 is 1.88 bits per heavy atom. The Hall–Kier alpha value is -3.10. The zero-order chi connectivity index (χ0) is 28.4. The maximum absolute atomic E-state index is 13.6. The highest BCUT2D eigenvalue weighted by Gasteiger charge is 2.30. The van der Waals surface area contributed by atoms with Gasteiger partial charge in [-0.05, 0) is 13.8 Å². The quantitative estimate of drug-likeness (QED) is 0.167. The lowest BCUT2D eigenvalue weighted by Gasteiger charge is -2.29. The minimum absolute atomic E-state index is 0. The molecule has 13 nitrogen and oxygen atoms in total. The third kappa shape index (κ3) is 7.04. The molecule has 0 radical (unpaired) electrons. The van der Waals surface area contributed by atoms with Gasteiger partial charge in [0.2, 0.25) is 0 Å². The highest BCUT2D eigenvalue weighted by molar-refractivity contribution is 6.31. The van der Waals surface area contributed by atoms with Gasteiger partial charge in [-0.1, -0.05) is 11.6 Å². The normalized spacial score (nSPS) is 13.8. The molecule has 1 atom stereocenters. The number of hydrogen-bond donors (Lipinski definition) is 5. The number of imidazole rings is 1. The van der Waals surface area contributed by atoms with Gasteiger partial charge >= 0.3 is 0 Å².